The maximum atomic E-state index is 10.7. The molecule has 212 valence electrons. The summed E-state index contributed by atoms with van der Waals surface area (Å²) in [6.45, 7) is 7.98. The Kier molecular flexibility index (Phi) is 22.1. The number of carbonyl (C=O) groups excluding carboxylic acids is 1. The molecule has 0 atom stereocenters. The molecule has 1 aliphatic heterocycles. The minimum atomic E-state index is -0.524. The third-order valence-corrected chi connectivity index (χ3v) is 7.42. The van der Waals surface area contributed by atoms with E-state index in [1.165, 1.54) is 136 Å². The number of esters is 1. The fourth-order valence-corrected chi connectivity index (χ4v) is 4.96. The topological polar surface area (TPSA) is 71.1 Å². The van der Waals surface area contributed by atoms with Crippen molar-refractivity contribution in [3.63, 3.8) is 0 Å². The van der Waals surface area contributed by atoms with E-state index in [0.717, 1.165) is 0 Å². The summed E-state index contributed by atoms with van der Waals surface area (Å²) in [5.74, 6) is 0.143. The van der Waals surface area contributed by atoms with Crippen LogP contribution in [0.15, 0.2) is 22.9 Å². The number of nitrogens with zero attached hydrogens (tertiary/aromatic N) is 3. The van der Waals surface area contributed by atoms with E-state index in [2.05, 4.69) is 31.7 Å². The summed E-state index contributed by atoms with van der Waals surface area (Å²) < 4.78 is 4.37. The Morgan fingerprint density at radius 2 is 1.22 bits per heavy atom. The SMILES string of the molecule is CCN1CCCCCCCCCCCCCCCCCCC1.COC(=O)c1n[nH]c(C)n1.c1ccsc1. The standard InChI is InChI=1S/C21H43N.C5H7N3O2.C4H4S/c1-2-22-20-18-16-14-12-10-8-6-4-3-5-7-9-11-13-15-17-19-21-22;1-3-6-4(8-7-3)5(9)10-2;1-2-4-5-3-1/h2-21H2,1H3;1-2H3,(H,6,7,8);1-4H. The van der Waals surface area contributed by atoms with Crippen molar-refractivity contribution in [2.45, 2.75) is 123 Å². The molecule has 2 aromatic rings. The van der Waals surface area contributed by atoms with Crippen LogP contribution in [0.1, 0.15) is 133 Å². The van der Waals surface area contributed by atoms with Gasteiger partial charge in [-0.05, 0) is 50.2 Å². The van der Waals surface area contributed by atoms with Crippen molar-refractivity contribution in [1.82, 2.24) is 20.1 Å². The first kappa shape index (κ1) is 33.3. The molecule has 1 saturated heterocycles. The van der Waals surface area contributed by atoms with E-state index in [9.17, 15) is 4.79 Å². The summed E-state index contributed by atoms with van der Waals surface area (Å²) in [6, 6.07) is 4.04. The van der Waals surface area contributed by atoms with E-state index in [0.29, 0.717) is 5.82 Å². The van der Waals surface area contributed by atoms with E-state index in [1.54, 1.807) is 18.3 Å². The van der Waals surface area contributed by atoms with Gasteiger partial charge in [0.15, 0.2) is 0 Å². The molecule has 1 fully saturated rings. The summed E-state index contributed by atoms with van der Waals surface area (Å²) in [5.41, 5.74) is 0. The van der Waals surface area contributed by atoms with Crippen LogP contribution in [0, 0.1) is 6.92 Å². The molecule has 0 unspecified atom stereocenters. The Morgan fingerprint density at radius 3 is 1.49 bits per heavy atom. The van der Waals surface area contributed by atoms with Crippen molar-refractivity contribution in [2.75, 3.05) is 26.7 Å². The van der Waals surface area contributed by atoms with Gasteiger partial charge in [-0.1, -0.05) is 115 Å². The summed E-state index contributed by atoms with van der Waals surface area (Å²) in [5, 5.41) is 10.2. The average Bonchev–Trinajstić information content (AvgIpc) is 3.63. The second-order valence-corrected chi connectivity index (χ2v) is 10.8. The monoisotopic (exact) mass is 534 g/mol. The van der Waals surface area contributed by atoms with E-state index in [4.69, 9.17) is 0 Å². The third kappa shape index (κ3) is 20.0. The van der Waals surface area contributed by atoms with Gasteiger partial charge in [0, 0.05) is 0 Å². The first-order valence-corrected chi connectivity index (χ1v) is 15.8. The van der Waals surface area contributed by atoms with Gasteiger partial charge in [0.25, 0.3) is 5.82 Å². The fraction of sp³-hybridized carbons (Fsp3) is 0.767. The number of rotatable bonds is 2. The smallest absolute Gasteiger partial charge is 0.377 e. The predicted octanol–water partition coefficient (Wildman–Crippen LogP) is 8.60. The maximum Gasteiger partial charge on any atom is 0.377 e. The molecular weight excluding hydrogens is 480 g/mol. The lowest BCUT2D eigenvalue weighted by Crippen LogP contribution is -2.25. The van der Waals surface area contributed by atoms with Crippen molar-refractivity contribution >= 4 is 17.3 Å². The summed E-state index contributed by atoms with van der Waals surface area (Å²) in [4.78, 5) is 17.1. The van der Waals surface area contributed by atoms with Gasteiger partial charge in [0.2, 0.25) is 0 Å². The van der Waals surface area contributed by atoms with Gasteiger partial charge < -0.3 is 9.64 Å². The highest BCUT2D eigenvalue weighted by Gasteiger charge is 2.09. The molecule has 6 nitrogen and oxygen atoms in total. The van der Waals surface area contributed by atoms with Gasteiger partial charge in [-0.2, -0.15) is 11.3 Å². The molecule has 1 aliphatic rings. The van der Waals surface area contributed by atoms with Gasteiger partial charge >= 0.3 is 5.97 Å². The van der Waals surface area contributed by atoms with E-state index >= 15 is 0 Å². The van der Waals surface area contributed by atoms with Crippen molar-refractivity contribution < 1.29 is 9.53 Å². The highest BCUT2D eigenvalue weighted by molar-refractivity contribution is 7.07. The second kappa shape index (κ2) is 24.6. The molecule has 37 heavy (non-hydrogen) atoms. The number of nitrogens with one attached hydrogen (secondary N) is 1. The molecule has 3 heterocycles. The zero-order valence-corrected chi connectivity index (χ0v) is 24.8. The normalized spacial score (nSPS) is 17.8. The van der Waals surface area contributed by atoms with Crippen LogP contribution < -0.4 is 0 Å². The number of H-pyrrole nitrogens is 1. The van der Waals surface area contributed by atoms with Crippen LogP contribution in [-0.2, 0) is 4.74 Å². The third-order valence-electron chi connectivity index (χ3n) is 6.79. The van der Waals surface area contributed by atoms with Crippen LogP contribution in [0.3, 0.4) is 0 Å². The highest BCUT2D eigenvalue weighted by Crippen LogP contribution is 2.15. The van der Waals surface area contributed by atoms with Crippen molar-refractivity contribution in [3.8, 4) is 0 Å². The first-order chi connectivity index (χ1) is 18.2. The van der Waals surface area contributed by atoms with Crippen LogP contribution in [0.5, 0.6) is 0 Å². The molecule has 0 radical (unpaired) electrons. The molecular formula is C30H54N4O2S. The number of methoxy groups -OCH3 is 1. The zero-order valence-electron chi connectivity index (χ0n) is 24.0. The van der Waals surface area contributed by atoms with Crippen molar-refractivity contribution in [3.05, 3.63) is 34.5 Å². The molecule has 0 saturated carbocycles. The Balaban J connectivity index is 0.000000369. The highest BCUT2D eigenvalue weighted by atomic mass is 32.1. The summed E-state index contributed by atoms with van der Waals surface area (Å²) >= 11 is 1.71. The van der Waals surface area contributed by atoms with Gasteiger partial charge in [0.1, 0.15) is 5.82 Å². The Labute approximate surface area is 231 Å². The number of hydrogen-bond acceptors (Lipinski definition) is 6. The van der Waals surface area contributed by atoms with Crippen LogP contribution in [-0.4, -0.2) is 52.8 Å². The number of aromatic nitrogens is 3. The fourth-order valence-electron chi connectivity index (χ4n) is 4.50. The van der Waals surface area contributed by atoms with Gasteiger partial charge in [-0.25, -0.2) is 9.78 Å². The molecule has 0 amide bonds. The Morgan fingerprint density at radius 1 is 0.811 bits per heavy atom. The summed E-state index contributed by atoms with van der Waals surface area (Å²) in [6.07, 6.45) is 25.1. The zero-order chi connectivity index (χ0) is 26.8. The molecule has 0 spiro atoms. The van der Waals surface area contributed by atoms with Crippen molar-refractivity contribution in [2.24, 2.45) is 0 Å². The number of thiophene rings is 1. The quantitative estimate of drug-likeness (QED) is 0.391. The van der Waals surface area contributed by atoms with E-state index in [1.807, 2.05) is 22.9 Å². The molecule has 1 N–H and O–H groups in total. The lowest BCUT2D eigenvalue weighted by Gasteiger charge is -2.20. The molecule has 0 aliphatic carbocycles. The van der Waals surface area contributed by atoms with E-state index < -0.39 is 5.97 Å². The lowest BCUT2D eigenvalue weighted by atomic mass is 10.0. The Hall–Kier alpha value is -1.73. The van der Waals surface area contributed by atoms with Crippen LogP contribution in [0.4, 0.5) is 0 Å². The van der Waals surface area contributed by atoms with Crippen LogP contribution >= 0.6 is 11.3 Å². The molecule has 7 heteroatoms. The summed E-state index contributed by atoms with van der Waals surface area (Å²) in [7, 11) is 1.29. The maximum absolute atomic E-state index is 10.7. The van der Waals surface area contributed by atoms with Crippen LogP contribution in [0.2, 0.25) is 0 Å². The average molecular weight is 535 g/mol. The predicted molar refractivity (Wildman–Crippen MR) is 157 cm³/mol. The number of hydrogen-bond donors (Lipinski definition) is 1. The second-order valence-electron chi connectivity index (χ2n) is 9.97. The van der Waals surface area contributed by atoms with Gasteiger partial charge in [-0.15, -0.1) is 5.10 Å². The largest absolute Gasteiger partial charge is 0.463 e. The van der Waals surface area contributed by atoms with Crippen LogP contribution in [0.25, 0.3) is 0 Å². The van der Waals surface area contributed by atoms with E-state index in [-0.39, 0.29) is 5.82 Å². The molecule has 0 aromatic carbocycles. The molecule has 2 aromatic heterocycles. The van der Waals surface area contributed by atoms with Crippen molar-refractivity contribution in [1.29, 1.82) is 0 Å². The number of carbonyl (C=O) groups is 1. The number of aromatic amines is 1. The van der Waals surface area contributed by atoms with Gasteiger partial charge in [-0.3, -0.25) is 5.10 Å². The molecule has 0 bridgehead atoms. The first-order valence-electron chi connectivity index (χ1n) is 14.8. The number of ether oxygens (including phenoxy) is 1. The lowest BCUT2D eigenvalue weighted by molar-refractivity contribution is 0.0587. The molecule has 3 rings (SSSR count). The Bertz CT molecular complexity index is 699. The number of aryl methyl sites for hydroxylation is 1. The van der Waals surface area contributed by atoms with Gasteiger partial charge in [0.05, 0.1) is 7.11 Å². The minimum Gasteiger partial charge on any atom is -0.463 e. The minimum absolute atomic E-state index is 0.0694.